The summed E-state index contributed by atoms with van der Waals surface area (Å²) in [6.07, 6.45) is 2.91. The molecule has 1 fully saturated rings. The molecule has 0 saturated carbocycles. The van der Waals surface area contributed by atoms with E-state index in [-0.39, 0.29) is 0 Å². The molecule has 1 saturated heterocycles. The summed E-state index contributed by atoms with van der Waals surface area (Å²) in [5.74, 6) is 0. The van der Waals surface area contributed by atoms with Crippen molar-refractivity contribution in [3.63, 3.8) is 0 Å². The van der Waals surface area contributed by atoms with Crippen LogP contribution in [-0.4, -0.2) is 18.2 Å². The zero-order valence-electron chi connectivity index (χ0n) is 9.74. The summed E-state index contributed by atoms with van der Waals surface area (Å²) >= 11 is 2.37. The largest absolute Gasteiger partial charge is 0.381 e. The first-order chi connectivity index (χ1) is 7.65. The van der Waals surface area contributed by atoms with Crippen molar-refractivity contribution in [2.75, 3.05) is 5.32 Å². The van der Waals surface area contributed by atoms with Gasteiger partial charge in [-0.15, -0.1) is 0 Å². The van der Waals surface area contributed by atoms with E-state index in [0.29, 0.717) is 18.2 Å². The van der Waals surface area contributed by atoms with Gasteiger partial charge < -0.3 is 10.1 Å². The molecule has 0 radical (unpaired) electrons. The number of rotatable bonds is 2. The van der Waals surface area contributed by atoms with E-state index in [0.717, 1.165) is 12.8 Å². The normalized spacial score (nSPS) is 30.1. The minimum atomic E-state index is 0.364. The molecule has 2 rings (SSSR count). The lowest BCUT2D eigenvalue weighted by Gasteiger charge is -2.33. The molecule has 1 aromatic rings. The average molecular weight is 331 g/mol. The number of para-hydroxylation sites is 1. The minimum Gasteiger partial charge on any atom is -0.381 e. The molecule has 0 amide bonds. The summed E-state index contributed by atoms with van der Waals surface area (Å²) in [7, 11) is 0. The molecule has 1 aliphatic rings. The van der Waals surface area contributed by atoms with Gasteiger partial charge in [0.25, 0.3) is 0 Å². The molecule has 2 unspecified atom stereocenters. The highest BCUT2D eigenvalue weighted by atomic mass is 127. The van der Waals surface area contributed by atoms with Gasteiger partial charge in [0, 0.05) is 15.3 Å². The maximum atomic E-state index is 5.74. The second-order valence-corrected chi connectivity index (χ2v) is 5.71. The van der Waals surface area contributed by atoms with Crippen LogP contribution in [0.15, 0.2) is 24.3 Å². The molecule has 0 aromatic heterocycles. The Labute approximate surface area is 111 Å². The van der Waals surface area contributed by atoms with Crippen molar-refractivity contribution < 1.29 is 4.74 Å². The van der Waals surface area contributed by atoms with E-state index in [1.807, 2.05) is 0 Å². The molecule has 0 aliphatic carbocycles. The zero-order valence-corrected chi connectivity index (χ0v) is 11.9. The van der Waals surface area contributed by atoms with Crippen LogP contribution >= 0.6 is 22.6 Å². The Morgan fingerprint density at radius 3 is 2.44 bits per heavy atom. The summed E-state index contributed by atoms with van der Waals surface area (Å²) in [6, 6.07) is 8.97. The molecule has 2 nitrogen and oxygen atoms in total. The Bertz CT molecular complexity index is 346. The van der Waals surface area contributed by atoms with Crippen LogP contribution in [0.3, 0.4) is 0 Å². The Balaban J connectivity index is 2.02. The van der Waals surface area contributed by atoms with Crippen molar-refractivity contribution in [3.05, 3.63) is 27.8 Å². The van der Waals surface area contributed by atoms with Gasteiger partial charge in [-0.25, -0.2) is 0 Å². The molecule has 1 N–H and O–H groups in total. The van der Waals surface area contributed by atoms with E-state index < -0.39 is 0 Å². The van der Waals surface area contributed by atoms with Gasteiger partial charge in [-0.3, -0.25) is 0 Å². The van der Waals surface area contributed by atoms with Crippen LogP contribution < -0.4 is 5.32 Å². The molecular weight excluding hydrogens is 313 g/mol. The van der Waals surface area contributed by atoms with Crippen LogP contribution in [-0.2, 0) is 4.74 Å². The number of nitrogens with one attached hydrogen (secondary N) is 1. The second kappa shape index (κ2) is 5.36. The number of halogens is 1. The third-order valence-electron chi connectivity index (χ3n) is 2.93. The monoisotopic (exact) mass is 331 g/mol. The number of benzene rings is 1. The van der Waals surface area contributed by atoms with E-state index in [1.165, 1.54) is 9.26 Å². The summed E-state index contributed by atoms with van der Waals surface area (Å²) < 4.78 is 7.03. The van der Waals surface area contributed by atoms with E-state index in [4.69, 9.17) is 4.74 Å². The standard InChI is InChI=1S/C13H18INO/c1-9-7-11(8-10(2)16-9)15-13-6-4-3-5-12(13)14/h3-6,9-11,15H,7-8H2,1-2H3. The van der Waals surface area contributed by atoms with Gasteiger partial charge in [-0.2, -0.15) is 0 Å². The summed E-state index contributed by atoms with van der Waals surface area (Å²) in [6.45, 7) is 4.31. The first kappa shape index (κ1) is 12.2. The summed E-state index contributed by atoms with van der Waals surface area (Å²) in [5.41, 5.74) is 1.24. The van der Waals surface area contributed by atoms with Gasteiger partial charge >= 0.3 is 0 Å². The fraction of sp³-hybridized carbons (Fsp3) is 0.538. The molecule has 0 spiro atoms. The highest BCUT2D eigenvalue weighted by Gasteiger charge is 2.24. The first-order valence-corrected chi connectivity index (χ1v) is 6.89. The third-order valence-corrected chi connectivity index (χ3v) is 3.87. The molecule has 1 aromatic carbocycles. The SMILES string of the molecule is CC1CC(Nc2ccccc2I)CC(C)O1. The van der Waals surface area contributed by atoms with Crippen LogP contribution in [0.4, 0.5) is 5.69 Å². The number of hydrogen-bond acceptors (Lipinski definition) is 2. The lowest BCUT2D eigenvalue weighted by atomic mass is 9.99. The first-order valence-electron chi connectivity index (χ1n) is 5.81. The Hall–Kier alpha value is -0.290. The predicted octanol–water partition coefficient (Wildman–Crippen LogP) is 3.66. The highest BCUT2D eigenvalue weighted by molar-refractivity contribution is 14.1. The summed E-state index contributed by atoms with van der Waals surface area (Å²) in [4.78, 5) is 0. The molecule has 0 bridgehead atoms. The number of ether oxygens (including phenoxy) is 1. The lowest BCUT2D eigenvalue weighted by Crippen LogP contribution is -2.37. The molecule has 88 valence electrons. The molecule has 1 heterocycles. The Morgan fingerprint density at radius 1 is 1.19 bits per heavy atom. The highest BCUT2D eigenvalue weighted by Crippen LogP contribution is 2.25. The maximum absolute atomic E-state index is 5.74. The fourth-order valence-corrected chi connectivity index (χ4v) is 2.86. The number of hydrogen-bond donors (Lipinski definition) is 1. The summed E-state index contributed by atoms with van der Waals surface area (Å²) in [5, 5.41) is 3.62. The zero-order chi connectivity index (χ0) is 11.5. The van der Waals surface area contributed by atoms with Crippen molar-refractivity contribution in [3.8, 4) is 0 Å². The van der Waals surface area contributed by atoms with Gasteiger partial charge in [-0.1, -0.05) is 12.1 Å². The minimum absolute atomic E-state index is 0.364. The van der Waals surface area contributed by atoms with E-state index in [9.17, 15) is 0 Å². The van der Waals surface area contributed by atoms with Crippen LogP contribution in [0.1, 0.15) is 26.7 Å². The van der Waals surface area contributed by atoms with E-state index in [1.54, 1.807) is 0 Å². The second-order valence-electron chi connectivity index (χ2n) is 4.55. The van der Waals surface area contributed by atoms with Crippen molar-refractivity contribution in [1.29, 1.82) is 0 Å². The third kappa shape index (κ3) is 3.10. The quantitative estimate of drug-likeness (QED) is 0.835. The molecule has 2 atom stereocenters. The molecule has 1 aliphatic heterocycles. The molecular formula is C13H18INO. The number of anilines is 1. The van der Waals surface area contributed by atoms with E-state index >= 15 is 0 Å². The fourth-order valence-electron chi connectivity index (χ4n) is 2.32. The van der Waals surface area contributed by atoms with Crippen LogP contribution in [0.25, 0.3) is 0 Å². The average Bonchev–Trinajstić information content (AvgIpc) is 2.20. The van der Waals surface area contributed by atoms with Gasteiger partial charge in [0.2, 0.25) is 0 Å². The van der Waals surface area contributed by atoms with Crippen molar-refractivity contribution in [2.24, 2.45) is 0 Å². The lowest BCUT2D eigenvalue weighted by molar-refractivity contribution is -0.0337. The van der Waals surface area contributed by atoms with Gasteiger partial charge in [0.05, 0.1) is 12.2 Å². The van der Waals surface area contributed by atoms with Crippen molar-refractivity contribution in [2.45, 2.75) is 44.9 Å². The Kier molecular flexibility index (Phi) is 4.08. The Morgan fingerprint density at radius 2 is 1.81 bits per heavy atom. The van der Waals surface area contributed by atoms with Crippen molar-refractivity contribution >= 4 is 28.3 Å². The van der Waals surface area contributed by atoms with Crippen LogP contribution in [0.2, 0.25) is 0 Å². The topological polar surface area (TPSA) is 21.3 Å². The smallest absolute Gasteiger partial charge is 0.0570 e. The maximum Gasteiger partial charge on any atom is 0.0570 e. The predicted molar refractivity (Wildman–Crippen MR) is 75.8 cm³/mol. The van der Waals surface area contributed by atoms with Crippen LogP contribution in [0, 0.1) is 3.57 Å². The van der Waals surface area contributed by atoms with Crippen molar-refractivity contribution in [1.82, 2.24) is 0 Å². The van der Waals surface area contributed by atoms with E-state index in [2.05, 4.69) is 66.0 Å². The van der Waals surface area contributed by atoms with Gasteiger partial charge in [-0.05, 0) is 61.4 Å². The van der Waals surface area contributed by atoms with Gasteiger partial charge in [0.15, 0.2) is 0 Å². The molecule has 3 heteroatoms. The van der Waals surface area contributed by atoms with Crippen LogP contribution in [0.5, 0.6) is 0 Å². The molecule has 16 heavy (non-hydrogen) atoms. The van der Waals surface area contributed by atoms with Gasteiger partial charge in [0.1, 0.15) is 0 Å².